The lowest BCUT2D eigenvalue weighted by atomic mass is 9.96. The summed E-state index contributed by atoms with van der Waals surface area (Å²) >= 11 is 0. The average Bonchev–Trinajstić information content (AvgIpc) is 2.73. The van der Waals surface area contributed by atoms with Gasteiger partial charge in [-0.15, -0.1) is 0 Å². The first-order valence-electron chi connectivity index (χ1n) is 10.0. The van der Waals surface area contributed by atoms with Crippen molar-refractivity contribution in [3.8, 4) is 5.75 Å². The smallest absolute Gasteiger partial charge is 0.224 e. The monoisotopic (exact) mass is 384 g/mol. The molecule has 0 unspecified atom stereocenters. The minimum absolute atomic E-state index is 0.0333. The number of methoxy groups -OCH3 is 1. The van der Waals surface area contributed by atoms with Gasteiger partial charge in [0.1, 0.15) is 11.6 Å². The fourth-order valence-electron chi connectivity index (χ4n) is 3.74. The van der Waals surface area contributed by atoms with Gasteiger partial charge in [0.2, 0.25) is 5.91 Å². The zero-order valence-electron chi connectivity index (χ0n) is 16.5. The zero-order valence-corrected chi connectivity index (χ0v) is 16.5. The number of aryl methyl sites for hydroxylation is 1. The number of carbonyl (C=O) groups is 1. The molecule has 4 nitrogen and oxygen atoms in total. The van der Waals surface area contributed by atoms with Crippen molar-refractivity contribution in [1.82, 2.24) is 10.2 Å². The number of likely N-dealkylation sites (tertiary alicyclic amines) is 1. The standard InChI is InChI=1S/C23H29FN2O2/c1-28-22-8-2-5-18(15-22)6-3-13-25-23(27)20-7-4-14-26(17-20)16-19-9-11-21(24)12-10-19/h2,5,8-12,15,20H,3-4,6-7,13-14,16-17H2,1H3,(H,25,27)/t20-/m1/s1. The number of rotatable bonds is 8. The van der Waals surface area contributed by atoms with Crippen LogP contribution in [0.15, 0.2) is 48.5 Å². The van der Waals surface area contributed by atoms with E-state index < -0.39 is 0 Å². The summed E-state index contributed by atoms with van der Waals surface area (Å²) in [6, 6.07) is 14.7. The van der Waals surface area contributed by atoms with Gasteiger partial charge < -0.3 is 10.1 Å². The Balaban J connectivity index is 1.40. The first-order chi connectivity index (χ1) is 13.6. The third-order valence-electron chi connectivity index (χ3n) is 5.27. The first kappa shape index (κ1) is 20.3. The molecule has 1 aliphatic rings. The summed E-state index contributed by atoms with van der Waals surface area (Å²) in [5.74, 6) is 0.832. The second-order valence-electron chi connectivity index (χ2n) is 7.45. The van der Waals surface area contributed by atoms with E-state index in [1.54, 1.807) is 7.11 Å². The van der Waals surface area contributed by atoms with E-state index in [1.807, 2.05) is 30.3 Å². The summed E-state index contributed by atoms with van der Waals surface area (Å²) in [5, 5.41) is 3.10. The Hall–Kier alpha value is -2.40. The quantitative estimate of drug-likeness (QED) is 0.704. The van der Waals surface area contributed by atoms with E-state index in [0.29, 0.717) is 6.54 Å². The van der Waals surface area contributed by atoms with Gasteiger partial charge in [-0.1, -0.05) is 24.3 Å². The van der Waals surface area contributed by atoms with E-state index in [1.165, 1.54) is 17.7 Å². The lowest BCUT2D eigenvalue weighted by molar-refractivity contribution is -0.126. The molecule has 1 atom stereocenters. The van der Waals surface area contributed by atoms with Gasteiger partial charge in [0.15, 0.2) is 0 Å². The Bertz CT molecular complexity index is 763. The normalized spacial score (nSPS) is 17.3. The molecule has 3 rings (SSSR count). The lowest BCUT2D eigenvalue weighted by Gasteiger charge is -2.32. The van der Waals surface area contributed by atoms with E-state index in [2.05, 4.69) is 16.3 Å². The molecule has 1 saturated heterocycles. The molecule has 0 aromatic heterocycles. The van der Waals surface area contributed by atoms with Crippen LogP contribution in [0.25, 0.3) is 0 Å². The van der Waals surface area contributed by atoms with Crippen LogP contribution in [0, 0.1) is 11.7 Å². The van der Waals surface area contributed by atoms with Gasteiger partial charge in [-0.25, -0.2) is 4.39 Å². The van der Waals surface area contributed by atoms with Crippen LogP contribution in [0.4, 0.5) is 4.39 Å². The molecular formula is C23H29FN2O2. The molecule has 28 heavy (non-hydrogen) atoms. The summed E-state index contributed by atoms with van der Waals surface area (Å²) in [4.78, 5) is 14.8. The topological polar surface area (TPSA) is 41.6 Å². The number of amides is 1. The molecule has 5 heteroatoms. The van der Waals surface area contributed by atoms with E-state index >= 15 is 0 Å². The predicted octanol–water partition coefficient (Wildman–Crippen LogP) is 3.80. The fraction of sp³-hybridized carbons (Fsp3) is 0.435. The second kappa shape index (κ2) is 10.2. The molecule has 0 spiro atoms. The number of hydrogen-bond donors (Lipinski definition) is 1. The molecule has 2 aromatic rings. The fourth-order valence-corrected chi connectivity index (χ4v) is 3.74. The summed E-state index contributed by atoms with van der Waals surface area (Å²) in [6.45, 7) is 3.19. The Morgan fingerprint density at radius 3 is 2.82 bits per heavy atom. The number of benzene rings is 2. The van der Waals surface area contributed by atoms with Crippen molar-refractivity contribution in [2.24, 2.45) is 5.92 Å². The van der Waals surface area contributed by atoms with Crippen LogP contribution in [-0.2, 0) is 17.8 Å². The molecule has 2 aromatic carbocycles. The summed E-state index contributed by atoms with van der Waals surface area (Å²) in [5.41, 5.74) is 2.30. The highest BCUT2D eigenvalue weighted by molar-refractivity contribution is 5.78. The van der Waals surface area contributed by atoms with Crippen LogP contribution >= 0.6 is 0 Å². The minimum atomic E-state index is -0.214. The van der Waals surface area contributed by atoms with Gasteiger partial charge in [-0.05, 0) is 67.6 Å². The van der Waals surface area contributed by atoms with Crippen molar-refractivity contribution in [3.63, 3.8) is 0 Å². The highest BCUT2D eigenvalue weighted by Crippen LogP contribution is 2.19. The van der Waals surface area contributed by atoms with Crippen LogP contribution in [0.5, 0.6) is 5.75 Å². The van der Waals surface area contributed by atoms with Crippen molar-refractivity contribution in [1.29, 1.82) is 0 Å². The van der Waals surface area contributed by atoms with Crippen LogP contribution in [0.3, 0.4) is 0 Å². The Morgan fingerprint density at radius 1 is 1.21 bits per heavy atom. The van der Waals surface area contributed by atoms with Crippen molar-refractivity contribution in [2.45, 2.75) is 32.2 Å². The number of nitrogens with one attached hydrogen (secondary N) is 1. The van der Waals surface area contributed by atoms with E-state index in [9.17, 15) is 9.18 Å². The van der Waals surface area contributed by atoms with E-state index in [-0.39, 0.29) is 17.6 Å². The van der Waals surface area contributed by atoms with Crippen LogP contribution in [0.1, 0.15) is 30.4 Å². The molecule has 1 N–H and O–H groups in total. The summed E-state index contributed by atoms with van der Waals surface area (Å²) in [6.07, 6.45) is 3.77. The second-order valence-corrected chi connectivity index (χ2v) is 7.45. The summed E-state index contributed by atoms with van der Waals surface area (Å²) in [7, 11) is 1.67. The molecule has 1 aliphatic heterocycles. The number of nitrogens with zero attached hydrogens (tertiary/aromatic N) is 1. The maximum Gasteiger partial charge on any atom is 0.224 e. The predicted molar refractivity (Wildman–Crippen MR) is 109 cm³/mol. The SMILES string of the molecule is COc1cccc(CCCNC(=O)[C@@H]2CCCN(Cc3ccc(F)cc3)C2)c1. The summed E-state index contributed by atoms with van der Waals surface area (Å²) < 4.78 is 18.3. The Labute approximate surface area is 166 Å². The van der Waals surface area contributed by atoms with Crippen molar-refractivity contribution in [3.05, 3.63) is 65.5 Å². The maximum absolute atomic E-state index is 13.1. The molecule has 0 radical (unpaired) electrons. The van der Waals surface area contributed by atoms with Gasteiger partial charge in [-0.3, -0.25) is 9.69 Å². The lowest BCUT2D eigenvalue weighted by Crippen LogP contribution is -2.42. The van der Waals surface area contributed by atoms with Gasteiger partial charge in [0.05, 0.1) is 13.0 Å². The highest BCUT2D eigenvalue weighted by atomic mass is 19.1. The van der Waals surface area contributed by atoms with Crippen molar-refractivity contribution < 1.29 is 13.9 Å². The molecule has 0 bridgehead atoms. The highest BCUT2D eigenvalue weighted by Gasteiger charge is 2.25. The Kier molecular flexibility index (Phi) is 7.43. The number of piperidine rings is 1. The third kappa shape index (κ3) is 6.06. The van der Waals surface area contributed by atoms with Crippen LogP contribution < -0.4 is 10.1 Å². The molecule has 1 amide bonds. The van der Waals surface area contributed by atoms with E-state index in [0.717, 1.165) is 56.6 Å². The van der Waals surface area contributed by atoms with Gasteiger partial charge in [0, 0.05) is 19.6 Å². The van der Waals surface area contributed by atoms with Crippen molar-refractivity contribution in [2.75, 3.05) is 26.7 Å². The molecular weight excluding hydrogens is 355 g/mol. The zero-order chi connectivity index (χ0) is 19.8. The largest absolute Gasteiger partial charge is 0.497 e. The third-order valence-corrected chi connectivity index (χ3v) is 5.27. The van der Waals surface area contributed by atoms with Gasteiger partial charge in [-0.2, -0.15) is 0 Å². The van der Waals surface area contributed by atoms with Crippen LogP contribution in [-0.4, -0.2) is 37.6 Å². The number of halogens is 1. The minimum Gasteiger partial charge on any atom is -0.497 e. The van der Waals surface area contributed by atoms with Crippen LogP contribution in [0.2, 0.25) is 0 Å². The number of carbonyl (C=O) groups excluding carboxylic acids is 1. The molecule has 0 aliphatic carbocycles. The average molecular weight is 384 g/mol. The molecule has 1 heterocycles. The Morgan fingerprint density at radius 2 is 2.04 bits per heavy atom. The molecule has 150 valence electrons. The molecule has 0 saturated carbocycles. The first-order valence-corrected chi connectivity index (χ1v) is 10.0. The molecule has 1 fully saturated rings. The van der Waals surface area contributed by atoms with Gasteiger partial charge >= 0.3 is 0 Å². The number of ether oxygens (including phenoxy) is 1. The van der Waals surface area contributed by atoms with E-state index in [4.69, 9.17) is 4.74 Å². The van der Waals surface area contributed by atoms with Crippen molar-refractivity contribution >= 4 is 5.91 Å². The van der Waals surface area contributed by atoms with Gasteiger partial charge in [0.25, 0.3) is 0 Å². The maximum atomic E-state index is 13.1. The number of hydrogen-bond acceptors (Lipinski definition) is 3.